The van der Waals surface area contributed by atoms with Gasteiger partial charge in [0.2, 0.25) is 0 Å². The maximum Gasteiger partial charge on any atom is 0.318 e. The number of phenolic OH excluding ortho intramolecular Hbond substituents is 1. The quantitative estimate of drug-likeness (QED) is 0.655. The van der Waals surface area contributed by atoms with Crippen LogP contribution in [0.25, 0.3) is 0 Å². The summed E-state index contributed by atoms with van der Waals surface area (Å²) >= 11 is 0. The van der Waals surface area contributed by atoms with E-state index in [2.05, 4.69) is 4.99 Å². The van der Waals surface area contributed by atoms with Crippen LogP contribution in [-0.4, -0.2) is 31.0 Å². The van der Waals surface area contributed by atoms with Crippen molar-refractivity contribution in [1.82, 2.24) is 0 Å². The van der Waals surface area contributed by atoms with Crippen LogP contribution in [-0.2, 0) is 9.53 Å². The van der Waals surface area contributed by atoms with Crippen LogP contribution >= 0.6 is 0 Å². The van der Waals surface area contributed by atoms with Crippen molar-refractivity contribution in [3.8, 4) is 11.5 Å². The van der Waals surface area contributed by atoms with Gasteiger partial charge in [-0.05, 0) is 48.9 Å². The van der Waals surface area contributed by atoms with Crippen LogP contribution in [0.15, 0.2) is 53.5 Å². The molecule has 0 fully saturated rings. The van der Waals surface area contributed by atoms with Gasteiger partial charge in [0.1, 0.15) is 17.4 Å². The van der Waals surface area contributed by atoms with Gasteiger partial charge >= 0.3 is 5.97 Å². The fourth-order valence-electron chi connectivity index (χ4n) is 2.03. The van der Waals surface area contributed by atoms with Crippen LogP contribution in [0.1, 0.15) is 18.4 Å². The molecule has 5 nitrogen and oxygen atoms in total. The summed E-state index contributed by atoms with van der Waals surface area (Å²) in [6.45, 7) is 2.07. The summed E-state index contributed by atoms with van der Waals surface area (Å²) in [6.07, 6.45) is 1.55. The first kappa shape index (κ1) is 16.5. The van der Waals surface area contributed by atoms with E-state index in [4.69, 9.17) is 9.47 Å². The van der Waals surface area contributed by atoms with Crippen LogP contribution in [0.5, 0.6) is 11.5 Å². The Bertz CT molecular complexity index is 662. The van der Waals surface area contributed by atoms with Crippen molar-refractivity contribution in [2.45, 2.75) is 12.8 Å². The molecule has 23 heavy (non-hydrogen) atoms. The Kier molecular flexibility index (Phi) is 5.74. The van der Waals surface area contributed by atoms with E-state index in [0.717, 1.165) is 5.56 Å². The molecule has 0 aromatic heterocycles. The Morgan fingerprint density at radius 2 is 1.83 bits per heavy atom. The van der Waals surface area contributed by atoms with Crippen molar-refractivity contribution in [2.75, 3.05) is 13.7 Å². The number of rotatable bonds is 6. The van der Waals surface area contributed by atoms with E-state index in [1.165, 1.54) is 0 Å². The predicted octanol–water partition coefficient (Wildman–Crippen LogP) is 3.45. The molecular formula is C18H19NO4. The zero-order chi connectivity index (χ0) is 16.7. The largest absolute Gasteiger partial charge is 0.508 e. The van der Waals surface area contributed by atoms with Gasteiger partial charge in [0.25, 0.3) is 0 Å². The standard InChI is InChI=1S/C18H19NO4/c1-3-23-18(21)17(13-4-10-16(22-2)11-5-13)12-19-14-6-8-15(20)9-7-14/h4-12,17,20H,3H2,1-2H3. The second-order valence-electron chi connectivity index (χ2n) is 4.80. The zero-order valence-corrected chi connectivity index (χ0v) is 13.1. The van der Waals surface area contributed by atoms with Crippen molar-refractivity contribution in [3.63, 3.8) is 0 Å². The van der Waals surface area contributed by atoms with E-state index in [1.807, 2.05) is 12.1 Å². The molecule has 2 aromatic rings. The highest BCUT2D eigenvalue weighted by Gasteiger charge is 2.20. The van der Waals surface area contributed by atoms with Gasteiger partial charge in [-0.15, -0.1) is 0 Å². The fraction of sp³-hybridized carbons (Fsp3) is 0.222. The molecule has 2 aromatic carbocycles. The normalized spacial score (nSPS) is 12.1. The molecule has 0 heterocycles. The molecule has 0 bridgehead atoms. The lowest BCUT2D eigenvalue weighted by Gasteiger charge is -2.12. The molecule has 0 radical (unpaired) electrons. The zero-order valence-electron chi connectivity index (χ0n) is 13.1. The van der Waals surface area contributed by atoms with Crippen molar-refractivity contribution >= 4 is 17.9 Å². The number of phenols is 1. The number of aliphatic imine (C=N–C) groups is 1. The summed E-state index contributed by atoms with van der Waals surface area (Å²) in [6, 6.07) is 13.6. The molecule has 120 valence electrons. The molecule has 2 rings (SSSR count). The maximum absolute atomic E-state index is 12.2. The third-order valence-electron chi connectivity index (χ3n) is 3.24. The van der Waals surface area contributed by atoms with E-state index < -0.39 is 5.92 Å². The molecule has 1 unspecified atom stereocenters. The fourth-order valence-corrected chi connectivity index (χ4v) is 2.03. The SMILES string of the molecule is CCOC(=O)C(C=Nc1ccc(O)cc1)c1ccc(OC)cc1. The van der Waals surface area contributed by atoms with Gasteiger partial charge in [0.15, 0.2) is 0 Å². The van der Waals surface area contributed by atoms with Gasteiger partial charge in [-0.25, -0.2) is 0 Å². The lowest BCUT2D eigenvalue weighted by Crippen LogP contribution is -2.17. The number of aromatic hydroxyl groups is 1. The minimum absolute atomic E-state index is 0.168. The highest BCUT2D eigenvalue weighted by Crippen LogP contribution is 2.22. The van der Waals surface area contributed by atoms with Crippen molar-refractivity contribution in [1.29, 1.82) is 0 Å². The Morgan fingerprint density at radius 3 is 2.39 bits per heavy atom. The number of methoxy groups -OCH3 is 1. The molecule has 0 spiro atoms. The topological polar surface area (TPSA) is 68.1 Å². The summed E-state index contributed by atoms with van der Waals surface area (Å²) in [4.78, 5) is 16.5. The Hall–Kier alpha value is -2.82. The molecule has 0 amide bonds. The van der Waals surface area contributed by atoms with Crippen LogP contribution in [0.2, 0.25) is 0 Å². The van der Waals surface area contributed by atoms with Crippen molar-refractivity contribution in [2.24, 2.45) is 4.99 Å². The molecule has 5 heteroatoms. The smallest absolute Gasteiger partial charge is 0.318 e. The molecule has 1 N–H and O–H groups in total. The number of esters is 1. The van der Waals surface area contributed by atoms with Crippen LogP contribution in [0.3, 0.4) is 0 Å². The first-order chi connectivity index (χ1) is 11.1. The number of nitrogens with zero attached hydrogens (tertiary/aromatic N) is 1. The number of ether oxygens (including phenoxy) is 2. The molecule has 0 aliphatic carbocycles. The van der Waals surface area contributed by atoms with Gasteiger partial charge in [-0.3, -0.25) is 9.79 Å². The van der Waals surface area contributed by atoms with Gasteiger partial charge in [0.05, 0.1) is 19.4 Å². The minimum atomic E-state index is -0.602. The van der Waals surface area contributed by atoms with E-state index >= 15 is 0 Å². The van der Waals surface area contributed by atoms with Gasteiger partial charge in [-0.1, -0.05) is 12.1 Å². The number of carbonyl (C=O) groups is 1. The second-order valence-corrected chi connectivity index (χ2v) is 4.80. The van der Waals surface area contributed by atoms with Crippen LogP contribution < -0.4 is 4.74 Å². The monoisotopic (exact) mass is 313 g/mol. The summed E-state index contributed by atoms with van der Waals surface area (Å²) < 4.78 is 10.2. The minimum Gasteiger partial charge on any atom is -0.508 e. The second kappa shape index (κ2) is 7.98. The third kappa shape index (κ3) is 4.57. The average molecular weight is 313 g/mol. The molecular weight excluding hydrogens is 294 g/mol. The first-order valence-corrected chi connectivity index (χ1v) is 7.28. The van der Waals surface area contributed by atoms with E-state index in [1.54, 1.807) is 56.6 Å². The summed E-state index contributed by atoms with van der Waals surface area (Å²) in [5, 5.41) is 9.28. The molecule has 1 atom stereocenters. The number of benzene rings is 2. The van der Waals surface area contributed by atoms with Crippen molar-refractivity contribution < 1.29 is 19.4 Å². The Balaban J connectivity index is 2.25. The highest BCUT2D eigenvalue weighted by atomic mass is 16.5. The molecule has 0 saturated carbocycles. The Labute approximate surface area is 135 Å². The van der Waals surface area contributed by atoms with Gasteiger partial charge in [-0.2, -0.15) is 0 Å². The lowest BCUT2D eigenvalue weighted by atomic mass is 10.0. The van der Waals surface area contributed by atoms with Gasteiger partial charge < -0.3 is 14.6 Å². The predicted molar refractivity (Wildman–Crippen MR) is 88.6 cm³/mol. The third-order valence-corrected chi connectivity index (χ3v) is 3.24. The lowest BCUT2D eigenvalue weighted by molar-refractivity contribution is -0.143. The van der Waals surface area contributed by atoms with Crippen LogP contribution in [0, 0.1) is 0 Å². The Morgan fingerprint density at radius 1 is 1.17 bits per heavy atom. The maximum atomic E-state index is 12.2. The van der Waals surface area contributed by atoms with Gasteiger partial charge in [0, 0.05) is 6.21 Å². The number of carbonyl (C=O) groups excluding carboxylic acids is 1. The van der Waals surface area contributed by atoms with Crippen molar-refractivity contribution in [3.05, 3.63) is 54.1 Å². The average Bonchev–Trinajstić information content (AvgIpc) is 2.57. The first-order valence-electron chi connectivity index (χ1n) is 7.28. The van der Waals surface area contributed by atoms with E-state index in [0.29, 0.717) is 18.0 Å². The van der Waals surface area contributed by atoms with E-state index in [-0.39, 0.29) is 11.7 Å². The highest BCUT2D eigenvalue weighted by molar-refractivity contribution is 5.96. The van der Waals surface area contributed by atoms with Crippen LogP contribution in [0.4, 0.5) is 5.69 Å². The summed E-state index contributed by atoms with van der Waals surface area (Å²) in [5.74, 6) is -0.0808. The summed E-state index contributed by atoms with van der Waals surface area (Å²) in [7, 11) is 1.59. The van der Waals surface area contributed by atoms with E-state index in [9.17, 15) is 9.90 Å². The molecule has 0 aliphatic heterocycles. The number of hydrogen-bond donors (Lipinski definition) is 1. The summed E-state index contributed by atoms with van der Waals surface area (Å²) in [5.41, 5.74) is 1.41. The number of hydrogen-bond acceptors (Lipinski definition) is 5. The molecule has 0 aliphatic rings. The molecule has 0 saturated heterocycles.